The van der Waals surface area contributed by atoms with Crippen molar-refractivity contribution >= 4 is 5.97 Å². The third-order valence-corrected chi connectivity index (χ3v) is 2.77. The summed E-state index contributed by atoms with van der Waals surface area (Å²) in [4.78, 5) is 11.4. The number of esters is 1. The maximum Gasteiger partial charge on any atom is 0.416 e. The van der Waals surface area contributed by atoms with Crippen LogP contribution in [-0.2, 0) is 31.8 Å². The van der Waals surface area contributed by atoms with Crippen molar-refractivity contribution in [2.24, 2.45) is 0 Å². The minimum absolute atomic E-state index is 0.0549. The fraction of sp³-hybridized carbons (Fsp3) is 0.533. The molecule has 0 N–H and O–H groups in total. The van der Waals surface area contributed by atoms with Crippen molar-refractivity contribution in [3.05, 3.63) is 35.4 Å². The Balaban J connectivity index is 2.21. The number of carbonyl (C=O) groups excluding carboxylic acids is 1. The summed E-state index contributed by atoms with van der Waals surface area (Å²) in [6.07, 6.45) is -3.51. The number of methoxy groups -OCH3 is 1. The van der Waals surface area contributed by atoms with Crippen molar-refractivity contribution in [1.29, 1.82) is 0 Å². The lowest BCUT2D eigenvalue weighted by molar-refractivity contribution is -0.146. The second-order valence-electron chi connectivity index (χ2n) is 4.56. The molecule has 0 saturated heterocycles. The number of hydrogen-bond donors (Lipinski definition) is 0. The molecule has 124 valence electrons. The average molecular weight is 320 g/mol. The lowest BCUT2D eigenvalue weighted by atomic mass is 10.1. The Bertz CT molecular complexity index is 443. The van der Waals surface area contributed by atoms with E-state index < -0.39 is 17.7 Å². The summed E-state index contributed by atoms with van der Waals surface area (Å²) >= 11 is 0. The Labute approximate surface area is 127 Å². The normalized spacial score (nSPS) is 11.5. The van der Waals surface area contributed by atoms with Gasteiger partial charge in [0.2, 0.25) is 0 Å². The van der Waals surface area contributed by atoms with Crippen LogP contribution >= 0.6 is 0 Å². The van der Waals surface area contributed by atoms with Crippen LogP contribution in [-0.4, -0.2) is 32.9 Å². The van der Waals surface area contributed by atoms with Gasteiger partial charge in [0.1, 0.15) is 6.61 Å². The fourth-order valence-corrected chi connectivity index (χ4v) is 1.59. The third kappa shape index (κ3) is 7.42. The molecule has 0 fully saturated rings. The number of halogens is 3. The third-order valence-electron chi connectivity index (χ3n) is 2.77. The van der Waals surface area contributed by atoms with Crippen molar-refractivity contribution in [1.82, 2.24) is 0 Å². The zero-order valence-electron chi connectivity index (χ0n) is 12.3. The number of carbonyl (C=O) groups is 1. The SMILES string of the molecule is COCCCOCCC(=O)OCc1ccc(C(F)(F)F)cc1. The summed E-state index contributed by atoms with van der Waals surface area (Å²) in [5.41, 5.74) is -0.227. The molecule has 0 atom stereocenters. The van der Waals surface area contributed by atoms with Gasteiger partial charge in [0.15, 0.2) is 0 Å². The summed E-state index contributed by atoms with van der Waals surface area (Å²) in [5, 5.41) is 0. The van der Waals surface area contributed by atoms with E-state index in [2.05, 4.69) is 0 Å². The van der Waals surface area contributed by atoms with Crippen LogP contribution < -0.4 is 0 Å². The van der Waals surface area contributed by atoms with Gasteiger partial charge in [-0.2, -0.15) is 13.2 Å². The van der Waals surface area contributed by atoms with E-state index in [4.69, 9.17) is 14.2 Å². The van der Waals surface area contributed by atoms with E-state index in [1.807, 2.05) is 0 Å². The molecular weight excluding hydrogens is 301 g/mol. The fourth-order valence-electron chi connectivity index (χ4n) is 1.59. The number of benzene rings is 1. The molecule has 7 heteroatoms. The van der Waals surface area contributed by atoms with Crippen molar-refractivity contribution < 1.29 is 32.2 Å². The highest BCUT2D eigenvalue weighted by molar-refractivity contribution is 5.69. The highest BCUT2D eigenvalue weighted by Crippen LogP contribution is 2.29. The first-order chi connectivity index (χ1) is 10.4. The molecule has 0 aliphatic carbocycles. The number of rotatable bonds is 9. The summed E-state index contributed by atoms with van der Waals surface area (Å²) in [7, 11) is 1.60. The molecule has 22 heavy (non-hydrogen) atoms. The predicted molar refractivity (Wildman–Crippen MR) is 73.2 cm³/mol. The maximum atomic E-state index is 12.4. The van der Waals surface area contributed by atoms with E-state index in [9.17, 15) is 18.0 Å². The molecule has 0 saturated carbocycles. The minimum atomic E-state index is -4.37. The molecule has 0 bridgehead atoms. The molecule has 1 aromatic carbocycles. The van der Waals surface area contributed by atoms with Crippen LogP contribution in [0.5, 0.6) is 0 Å². The number of hydrogen-bond acceptors (Lipinski definition) is 4. The smallest absolute Gasteiger partial charge is 0.416 e. The Morgan fingerprint density at radius 2 is 1.77 bits per heavy atom. The summed E-state index contributed by atoms with van der Waals surface area (Å²) in [5.74, 6) is -0.452. The van der Waals surface area contributed by atoms with Gasteiger partial charge < -0.3 is 14.2 Å². The van der Waals surface area contributed by atoms with E-state index >= 15 is 0 Å². The van der Waals surface area contributed by atoms with Gasteiger partial charge in [0.25, 0.3) is 0 Å². The van der Waals surface area contributed by atoms with Crippen LogP contribution in [0.25, 0.3) is 0 Å². The molecule has 0 aliphatic rings. The van der Waals surface area contributed by atoms with E-state index in [1.165, 1.54) is 12.1 Å². The Morgan fingerprint density at radius 3 is 2.36 bits per heavy atom. The topological polar surface area (TPSA) is 44.8 Å². The van der Waals surface area contributed by atoms with Crippen LogP contribution in [0.3, 0.4) is 0 Å². The highest BCUT2D eigenvalue weighted by Gasteiger charge is 2.29. The second-order valence-corrected chi connectivity index (χ2v) is 4.56. The Kier molecular flexibility index (Phi) is 7.90. The largest absolute Gasteiger partial charge is 0.461 e. The standard InChI is InChI=1S/C15H19F3O4/c1-20-8-2-9-21-10-7-14(19)22-11-12-3-5-13(6-4-12)15(16,17)18/h3-6H,2,7-11H2,1H3. The molecule has 0 radical (unpaired) electrons. The lowest BCUT2D eigenvalue weighted by Gasteiger charge is -2.08. The van der Waals surface area contributed by atoms with Crippen LogP contribution in [0.1, 0.15) is 24.0 Å². The van der Waals surface area contributed by atoms with Crippen LogP contribution in [0.2, 0.25) is 0 Å². The molecule has 0 spiro atoms. The summed E-state index contributed by atoms with van der Waals surface area (Å²) in [6.45, 7) is 1.29. The molecule has 1 rings (SSSR count). The van der Waals surface area contributed by atoms with Gasteiger partial charge in [-0.25, -0.2) is 0 Å². The van der Waals surface area contributed by atoms with E-state index in [1.54, 1.807) is 7.11 Å². The van der Waals surface area contributed by atoms with Crippen molar-refractivity contribution in [3.8, 4) is 0 Å². The van der Waals surface area contributed by atoms with Gasteiger partial charge >= 0.3 is 12.1 Å². The summed E-state index contributed by atoms with van der Waals surface area (Å²) in [6, 6.07) is 4.50. The molecule has 4 nitrogen and oxygen atoms in total. The van der Waals surface area contributed by atoms with Gasteiger partial charge in [-0.3, -0.25) is 4.79 Å². The van der Waals surface area contributed by atoms with Crippen LogP contribution in [0.15, 0.2) is 24.3 Å². The zero-order chi connectivity index (χ0) is 16.4. The first-order valence-electron chi connectivity index (χ1n) is 6.82. The Hall–Kier alpha value is -1.60. The van der Waals surface area contributed by atoms with E-state index in [0.717, 1.165) is 18.6 Å². The molecule has 0 aromatic heterocycles. The monoisotopic (exact) mass is 320 g/mol. The number of alkyl halides is 3. The van der Waals surface area contributed by atoms with E-state index in [0.29, 0.717) is 18.8 Å². The molecule has 0 unspecified atom stereocenters. The minimum Gasteiger partial charge on any atom is -0.461 e. The molecule has 1 aromatic rings. The molecular formula is C15H19F3O4. The molecule has 0 amide bonds. The predicted octanol–water partition coefficient (Wildman–Crippen LogP) is 3.19. The van der Waals surface area contributed by atoms with Gasteiger partial charge in [-0.05, 0) is 24.1 Å². The highest BCUT2D eigenvalue weighted by atomic mass is 19.4. The van der Waals surface area contributed by atoms with Crippen molar-refractivity contribution in [2.75, 3.05) is 26.9 Å². The Morgan fingerprint density at radius 1 is 1.09 bits per heavy atom. The number of ether oxygens (including phenoxy) is 3. The molecule has 0 aliphatic heterocycles. The summed E-state index contributed by atoms with van der Waals surface area (Å²) < 4.78 is 52.1. The quantitative estimate of drug-likeness (QED) is 0.518. The van der Waals surface area contributed by atoms with E-state index in [-0.39, 0.29) is 19.6 Å². The lowest BCUT2D eigenvalue weighted by Crippen LogP contribution is -2.10. The average Bonchev–Trinajstić information content (AvgIpc) is 2.48. The van der Waals surface area contributed by atoms with Gasteiger partial charge in [-0.1, -0.05) is 12.1 Å². The first-order valence-corrected chi connectivity index (χ1v) is 6.82. The van der Waals surface area contributed by atoms with Gasteiger partial charge in [0.05, 0.1) is 18.6 Å². The van der Waals surface area contributed by atoms with Crippen LogP contribution in [0, 0.1) is 0 Å². The van der Waals surface area contributed by atoms with Gasteiger partial charge in [0, 0.05) is 20.3 Å². The second kappa shape index (κ2) is 9.42. The molecule has 0 heterocycles. The first kappa shape index (κ1) is 18.4. The van der Waals surface area contributed by atoms with Crippen molar-refractivity contribution in [2.45, 2.75) is 25.6 Å². The maximum absolute atomic E-state index is 12.4. The zero-order valence-corrected chi connectivity index (χ0v) is 12.3. The van der Waals surface area contributed by atoms with Crippen LogP contribution in [0.4, 0.5) is 13.2 Å². The van der Waals surface area contributed by atoms with Gasteiger partial charge in [-0.15, -0.1) is 0 Å². The van der Waals surface area contributed by atoms with Crippen molar-refractivity contribution in [3.63, 3.8) is 0 Å².